The highest BCUT2D eigenvalue weighted by Crippen LogP contribution is 2.13. The van der Waals surface area contributed by atoms with Gasteiger partial charge in [-0.25, -0.2) is 4.79 Å². The van der Waals surface area contributed by atoms with Crippen LogP contribution in [0.5, 0.6) is 5.75 Å². The predicted octanol–water partition coefficient (Wildman–Crippen LogP) is 3.98. The SMILES string of the molecule is O=CCCCNC(=O)CCCCCCCCCOc1ccc(C(=O)O)cc1. The van der Waals surface area contributed by atoms with Gasteiger partial charge in [0.05, 0.1) is 12.2 Å². The number of hydrogen-bond donors (Lipinski definition) is 2. The first-order valence-electron chi connectivity index (χ1n) is 9.80. The number of carbonyl (C=O) groups excluding carboxylic acids is 2. The van der Waals surface area contributed by atoms with E-state index in [1.807, 2.05) is 0 Å². The van der Waals surface area contributed by atoms with Crippen molar-refractivity contribution in [2.75, 3.05) is 13.2 Å². The van der Waals surface area contributed by atoms with Crippen molar-refractivity contribution in [3.63, 3.8) is 0 Å². The zero-order valence-corrected chi connectivity index (χ0v) is 16.0. The number of unbranched alkanes of at least 4 members (excludes halogenated alkanes) is 7. The van der Waals surface area contributed by atoms with Crippen molar-refractivity contribution in [2.45, 2.75) is 64.2 Å². The van der Waals surface area contributed by atoms with E-state index < -0.39 is 5.97 Å². The van der Waals surface area contributed by atoms with Crippen molar-refractivity contribution in [1.82, 2.24) is 5.32 Å². The van der Waals surface area contributed by atoms with Crippen LogP contribution in [0.3, 0.4) is 0 Å². The van der Waals surface area contributed by atoms with Crippen molar-refractivity contribution in [3.05, 3.63) is 29.8 Å². The summed E-state index contributed by atoms with van der Waals surface area (Å²) in [7, 11) is 0. The molecule has 0 bridgehead atoms. The smallest absolute Gasteiger partial charge is 0.335 e. The normalized spacial score (nSPS) is 10.4. The number of nitrogens with one attached hydrogen (secondary N) is 1. The highest BCUT2D eigenvalue weighted by atomic mass is 16.5. The maximum atomic E-state index is 11.5. The fourth-order valence-electron chi connectivity index (χ4n) is 2.66. The first-order valence-corrected chi connectivity index (χ1v) is 9.80. The van der Waals surface area contributed by atoms with Gasteiger partial charge in [0.25, 0.3) is 0 Å². The minimum atomic E-state index is -0.934. The third-order valence-electron chi connectivity index (χ3n) is 4.24. The van der Waals surface area contributed by atoms with E-state index in [1.165, 1.54) is 0 Å². The second kappa shape index (κ2) is 14.8. The van der Waals surface area contributed by atoms with Crippen LogP contribution in [0.25, 0.3) is 0 Å². The molecule has 0 saturated heterocycles. The van der Waals surface area contributed by atoms with E-state index in [9.17, 15) is 14.4 Å². The lowest BCUT2D eigenvalue weighted by molar-refractivity contribution is -0.121. The molecule has 0 aromatic heterocycles. The lowest BCUT2D eigenvalue weighted by atomic mass is 10.1. The van der Waals surface area contributed by atoms with Gasteiger partial charge in [0.2, 0.25) is 5.91 Å². The van der Waals surface area contributed by atoms with Crippen molar-refractivity contribution >= 4 is 18.2 Å². The molecule has 0 heterocycles. The Morgan fingerprint density at radius 1 is 0.926 bits per heavy atom. The summed E-state index contributed by atoms with van der Waals surface area (Å²) in [5.74, 6) is -0.157. The number of carbonyl (C=O) groups is 3. The number of carboxylic acids is 1. The number of benzene rings is 1. The third kappa shape index (κ3) is 11.8. The first-order chi connectivity index (χ1) is 13.1. The second-order valence-corrected chi connectivity index (χ2v) is 6.56. The Balaban J connectivity index is 1.89. The Bertz CT molecular complexity index is 556. The fourth-order valence-corrected chi connectivity index (χ4v) is 2.66. The lowest BCUT2D eigenvalue weighted by Gasteiger charge is -2.06. The summed E-state index contributed by atoms with van der Waals surface area (Å²) in [6, 6.07) is 6.45. The number of aromatic carboxylic acids is 1. The Morgan fingerprint density at radius 2 is 1.56 bits per heavy atom. The molecule has 1 aromatic rings. The molecule has 0 unspecified atom stereocenters. The fraction of sp³-hybridized carbons (Fsp3) is 0.571. The summed E-state index contributed by atoms with van der Waals surface area (Å²) in [6.45, 7) is 1.22. The van der Waals surface area contributed by atoms with Gasteiger partial charge in [-0.05, 0) is 43.5 Å². The molecule has 1 aromatic carbocycles. The Hall–Kier alpha value is -2.37. The van der Waals surface area contributed by atoms with E-state index in [0.29, 0.717) is 38.2 Å². The van der Waals surface area contributed by atoms with Crippen LogP contribution in [0.15, 0.2) is 24.3 Å². The molecule has 0 saturated carbocycles. The van der Waals surface area contributed by atoms with Crippen LogP contribution in [0.2, 0.25) is 0 Å². The minimum Gasteiger partial charge on any atom is -0.494 e. The molecule has 0 spiro atoms. The summed E-state index contributed by atoms with van der Waals surface area (Å²) in [5, 5.41) is 11.7. The van der Waals surface area contributed by atoms with Crippen LogP contribution in [0.4, 0.5) is 0 Å². The Labute approximate surface area is 161 Å². The van der Waals surface area contributed by atoms with Crippen LogP contribution in [-0.2, 0) is 9.59 Å². The van der Waals surface area contributed by atoms with Crippen LogP contribution in [-0.4, -0.2) is 36.4 Å². The molecular weight excluding hydrogens is 346 g/mol. The van der Waals surface area contributed by atoms with Crippen LogP contribution in [0, 0.1) is 0 Å². The van der Waals surface area contributed by atoms with E-state index in [4.69, 9.17) is 9.84 Å². The molecule has 0 atom stereocenters. The van der Waals surface area contributed by atoms with E-state index in [-0.39, 0.29) is 11.5 Å². The monoisotopic (exact) mass is 377 g/mol. The van der Waals surface area contributed by atoms with Crippen LogP contribution >= 0.6 is 0 Å². The number of hydrogen-bond acceptors (Lipinski definition) is 4. The average molecular weight is 377 g/mol. The first kappa shape index (κ1) is 22.7. The summed E-state index contributed by atoms with van der Waals surface area (Å²) in [6.07, 6.45) is 10.2. The summed E-state index contributed by atoms with van der Waals surface area (Å²) in [4.78, 5) is 32.5. The van der Waals surface area contributed by atoms with E-state index in [1.54, 1.807) is 24.3 Å². The predicted molar refractivity (Wildman–Crippen MR) is 104 cm³/mol. The van der Waals surface area contributed by atoms with Gasteiger partial charge < -0.3 is 20.0 Å². The molecule has 0 aliphatic carbocycles. The van der Waals surface area contributed by atoms with Gasteiger partial charge in [-0.3, -0.25) is 4.79 Å². The maximum absolute atomic E-state index is 11.5. The van der Waals surface area contributed by atoms with E-state index in [2.05, 4.69) is 5.32 Å². The Kier molecular flexibility index (Phi) is 12.4. The van der Waals surface area contributed by atoms with E-state index in [0.717, 1.165) is 51.2 Å². The highest BCUT2D eigenvalue weighted by Gasteiger charge is 2.02. The van der Waals surface area contributed by atoms with Crippen molar-refractivity contribution in [3.8, 4) is 5.75 Å². The van der Waals surface area contributed by atoms with Crippen molar-refractivity contribution < 1.29 is 24.2 Å². The van der Waals surface area contributed by atoms with Gasteiger partial charge >= 0.3 is 5.97 Å². The largest absolute Gasteiger partial charge is 0.494 e. The molecular formula is C21H31NO5. The Morgan fingerprint density at radius 3 is 2.19 bits per heavy atom. The molecule has 0 radical (unpaired) electrons. The molecule has 0 aliphatic heterocycles. The van der Waals surface area contributed by atoms with Crippen LogP contribution in [0.1, 0.15) is 74.6 Å². The molecule has 150 valence electrons. The standard InChI is InChI=1S/C21H31NO5/c23-16-8-7-15-22-20(24)10-6-4-2-1-3-5-9-17-27-19-13-11-18(12-14-19)21(25)26/h11-14,16H,1-10,15,17H2,(H,22,24)(H,25,26). The zero-order chi connectivity index (χ0) is 19.7. The molecule has 6 heteroatoms. The van der Waals surface area contributed by atoms with Gasteiger partial charge in [0, 0.05) is 19.4 Å². The van der Waals surface area contributed by atoms with Gasteiger partial charge in [0.15, 0.2) is 0 Å². The van der Waals surface area contributed by atoms with Gasteiger partial charge in [-0.1, -0.05) is 32.1 Å². The number of rotatable bonds is 16. The molecule has 1 amide bonds. The number of aldehydes is 1. The lowest BCUT2D eigenvalue weighted by Crippen LogP contribution is -2.24. The highest BCUT2D eigenvalue weighted by molar-refractivity contribution is 5.87. The summed E-state index contributed by atoms with van der Waals surface area (Å²) >= 11 is 0. The number of ether oxygens (including phenoxy) is 1. The maximum Gasteiger partial charge on any atom is 0.335 e. The van der Waals surface area contributed by atoms with Gasteiger partial charge in [-0.2, -0.15) is 0 Å². The average Bonchev–Trinajstić information content (AvgIpc) is 2.67. The summed E-state index contributed by atoms with van der Waals surface area (Å²) < 4.78 is 5.60. The third-order valence-corrected chi connectivity index (χ3v) is 4.24. The number of amides is 1. The topological polar surface area (TPSA) is 92.7 Å². The molecule has 0 fully saturated rings. The quantitative estimate of drug-likeness (QED) is 0.336. The molecule has 0 aliphatic rings. The van der Waals surface area contributed by atoms with E-state index >= 15 is 0 Å². The van der Waals surface area contributed by atoms with Crippen molar-refractivity contribution in [2.24, 2.45) is 0 Å². The minimum absolute atomic E-state index is 0.0782. The van der Waals surface area contributed by atoms with Crippen molar-refractivity contribution in [1.29, 1.82) is 0 Å². The number of carboxylic acid groups (broad SMARTS) is 1. The molecule has 1 rings (SSSR count). The molecule has 6 nitrogen and oxygen atoms in total. The van der Waals surface area contributed by atoms with Gasteiger partial charge in [-0.15, -0.1) is 0 Å². The van der Waals surface area contributed by atoms with Crippen LogP contribution < -0.4 is 10.1 Å². The summed E-state index contributed by atoms with van der Waals surface area (Å²) in [5.41, 5.74) is 0.262. The zero-order valence-electron chi connectivity index (χ0n) is 16.0. The molecule has 27 heavy (non-hydrogen) atoms. The second-order valence-electron chi connectivity index (χ2n) is 6.56. The molecule has 2 N–H and O–H groups in total. The van der Waals surface area contributed by atoms with Gasteiger partial charge in [0.1, 0.15) is 12.0 Å².